The van der Waals surface area contributed by atoms with Crippen molar-refractivity contribution in [2.24, 2.45) is 0 Å². The molecule has 0 unspecified atom stereocenters. The molecule has 2 rings (SSSR count). The Kier molecular flexibility index (Phi) is 7.31. The third-order valence-electron chi connectivity index (χ3n) is 3.50. The average molecular weight is 339 g/mol. The van der Waals surface area contributed by atoms with Crippen molar-refractivity contribution in [2.75, 3.05) is 45.1 Å². The molecule has 1 saturated heterocycles. The molecule has 1 fully saturated rings. The van der Waals surface area contributed by atoms with E-state index in [1.54, 1.807) is 12.1 Å². The number of nitrogens with zero attached hydrogens (tertiary/aromatic N) is 2. The summed E-state index contributed by atoms with van der Waals surface area (Å²) in [6.07, 6.45) is 0. The third kappa shape index (κ3) is 6.55. The number of hydrogen-bond acceptors (Lipinski definition) is 6. The molecular formula is C15H21N3O4S. The van der Waals surface area contributed by atoms with Crippen molar-refractivity contribution in [1.29, 1.82) is 0 Å². The topological polar surface area (TPSA) is 84.7 Å². The lowest BCUT2D eigenvalue weighted by Crippen LogP contribution is -2.41. The second-order valence-corrected chi connectivity index (χ2v) is 6.21. The molecule has 1 aromatic carbocycles. The van der Waals surface area contributed by atoms with Crippen molar-refractivity contribution >= 4 is 23.4 Å². The molecule has 0 spiro atoms. The van der Waals surface area contributed by atoms with Gasteiger partial charge in [0, 0.05) is 44.1 Å². The number of thioether (sulfide) groups is 1. The van der Waals surface area contributed by atoms with E-state index >= 15 is 0 Å². The zero-order chi connectivity index (χ0) is 16.5. The fourth-order valence-corrected chi connectivity index (χ4v) is 3.02. The lowest BCUT2D eigenvalue weighted by atomic mass is 10.2. The van der Waals surface area contributed by atoms with E-state index in [1.807, 2.05) is 0 Å². The molecule has 1 aromatic rings. The van der Waals surface area contributed by atoms with Crippen molar-refractivity contribution < 1.29 is 14.5 Å². The highest BCUT2D eigenvalue weighted by Gasteiger charge is 2.10. The van der Waals surface area contributed by atoms with Crippen LogP contribution in [0.15, 0.2) is 24.3 Å². The van der Waals surface area contributed by atoms with Crippen LogP contribution in [0.4, 0.5) is 5.69 Å². The van der Waals surface area contributed by atoms with E-state index in [4.69, 9.17) is 4.74 Å². The first-order chi connectivity index (χ1) is 11.1. The lowest BCUT2D eigenvalue weighted by Gasteiger charge is -2.26. The number of non-ortho nitro benzene ring substituents is 1. The standard InChI is InChI=1S/C15H21N3O4S/c19-15(16-5-6-17-7-9-22-10-8-17)12-23-11-13-1-3-14(4-2-13)18(20)21/h1-4H,5-12H2,(H,16,19). The Morgan fingerprint density at radius 2 is 2.00 bits per heavy atom. The molecule has 0 aliphatic carbocycles. The molecule has 1 heterocycles. The van der Waals surface area contributed by atoms with Gasteiger partial charge in [0.2, 0.25) is 5.91 Å². The largest absolute Gasteiger partial charge is 0.379 e. The molecule has 0 saturated carbocycles. The van der Waals surface area contributed by atoms with Gasteiger partial charge in [-0.1, -0.05) is 12.1 Å². The molecule has 0 atom stereocenters. The highest BCUT2D eigenvalue weighted by Crippen LogP contribution is 2.16. The minimum Gasteiger partial charge on any atom is -0.379 e. The van der Waals surface area contributed by atoms with Crippen LogP contribution in [0.25, 0.3) is 0 Å². The summed E-state index contributed by atoms with van der Waals surface area (Å²) in [6.45, 7) is 4.87. The Balaban J connectivity index is 1.58. The van der Waals surface area contributed by atoms with Crippen molar-refractivity contribution in [3.8, 4) is 0 Å². The molecule has 23 heavy (non-hydrogen) atoms. The predicted molar refractivity (Wildman–Crippen MR) is 89.5 cm³/mol. The predicted octanol–water partition coefficient (Wildman–Crippen LogP) is 1.28. The summed E-state index contributed by atoms with van der Waals surface area (Å²) < 4.78 is 5.27. The third-order valence-corrected chi connectivity index (χ3v) is 4.51. The summed E-state index contributed by atoms with van der Waals surface area (Å²) >= 11 is 1.50. The van der Waals surface area contributed by atoms with Gasteiger partial charge in [-0.25, -0.2) is 0 Å². The number of ether oxygens (including phenoxy) is 1. The Bertz CT molecular complexity index is 518. The summed E-state index contributed by atoms with van der Waals surface area (Å²) in [5, 5.41) is 13.5. The second-order valence-electron chi connectivity index (χ2n) is 5.22. The summed E-state index contributed by atoms with van der Waals surface area (Å²) in [7, 11) is 0. The van der Waals surface area contributed by atoms with Gasteiger partial charge in [-0.2, -0.15) is 0 Å². The quantitative estimate of drug-likeness (QED) is 0.567. The Morgan fingerprint density at radius 1 is 1.30 bits per heavy atom. The minimum absolute atomic E-state index is 0.0187. The highest BCUT2D eigenvalue weighted by atomic mass is 32.2. The fraction of sp³-hybridized carbons (Fsp3) is 0.533. The van der Waals surface area contributed by atoms with E-state index in [9.17, 15) is 14.9 Å². The summed E-state index contributed by atoms with van der Waals surface area (Å²) in [5.41, 5.74) is 1.06. The summed E-state index contributed by atoms with van der Waals surface area (Å²) in [4.78, 5) is 24.2. The van der Waals surface area contributed by atoms with Gasteiger partial charge < -0.3 is 10.1 Å². The van der Waals surface area contributed by atoms with Crippen molar-refractivity contribution in [1.82, 2.24) is 10.2 Å². The van der Waals surface area contributed by atoms with Crippen LogP contribution in [-0.4, -0.2) is 60.9 Å². The smallest absolute Gasteiger partial charge is 0.269 e. The van der Waals surface area contributed by atoms with E-state index < -0.39 is 4.92 Å². The molecule has 126 valence electrons. The number of nitro benzene ring substituents is 1. The molecule has 0 aromatic heterocycles. The maximum atomic E-state index is 11.8. The molecule has 7 nitrogen and oxygen atoms in total. The van der Waals surface area contributed by atoms with Gasteiger partial charge in [0.15, 0.2) is 0 Å². The van der Waals surface area contributed by atoms with Gasteiger partial charge >= 0.3 is 0 Å². The molecule has 0 bridgehead atoms. The van der Waals surface area contributed by atoms with Crippen molar-refractivity contribution in [2.45, 2.75) is 5.75 Å². The molecule has 1 N–H and O–H groups in total. The fourth-order valence-electron chi connectivity index (χ4n) is 2.20. The number of carbonyl (C=O) groups excluding carboxylic acids is 1. The summed E-state index contributed by atoms with van der Waals surface area (Å²) in [5.74, 6) is 1.07. The van der Waals surface area contributed by atoms with Crippen LogP contribution in [0.1, 0.15) is 5.56 Å². The number of nitrogens with one attached hydrogen (secondary N) is 1. The monoisotopic (exact) mass is 339 g/mol. The first kappa shape index (κ1) is 17.7. The van der Waals surface area contributed by atoms with Gasteiger partial charge in [0.1, 0.15) is 0 Å². The van der Waals surface area contributed by atoms with E-state index in [0.717, 1.165) is 38.4 Å². The molecule has 1 aliphatic heterocycles. The number of nitro groups is 1. The highest BCUT2D eigenvalue weighted by molar-refractivity contribution is 7.99. The minimum atomic E-state index is -0.418. The molecule has 8 heteroatoms. The Morgan fingerprint density at radius 3 is 2.65 bits per heavy atom. The van der Waals surface area contributed by atoms with Crippen molar-refractivity contribution in [3.63, 3.8) is 0 Å². The van der Waals surface area contributed by atoms with Gasteiger partial charge in [-0.15, -0.1) is 11.8 Å². The zero-order valence-corrected chi connectivity index (χ0v) is 13.7. The van der Waals surface area contributed by atoms with E-state index in [2.05, 4.69) is 10.2 Å². The van der Waals surface area contributed by atoms with Crippen LogP contribution in [0.2, 0.25) is 0 Å². The number of morpholine rings is 1. The van der Waals surface area contributed by atoms with Gasteiger partial charge in [0.25, 0.3) is 5.69 Å². The van der Waals surface area contributed by atoms with Gasteiger partial charge in [-0.3, -0.25) is 19.8 Å². The van der Waals surface area contributed by atoms with Crippen LogP contribution in [0, 0.1) is 10.1 Å². The van der Waals surface area contributed by atoms with Crippen molar-refractivity contribution in [3.05, 3.63) is 39.9 Å². The second kappa shape index (κ2) is 9.49. The van der Waals surface area contributed by atoms with E-state index in [1.165, 1.54) is 23.9 Å². The summed E-state index contributed by atoms with van der Waals surface area (Å²) in [6, 6.07) is 6.42. The number of benzene rings is 1. The molecule has 1 amide bonds. The SMILES string of the molecule is O=C(CSCc1ccc([N+](=O)[O-])cc1)NCCN1CCOCC1. The molecule has 0 radical (unpaired) electrons. The van der Waals surface area contributed by atoms with Crippen LogP contribution >= 0.6 is 11.8 Å². The maximum Gasteiger partial charge on any atom is 0.269 e. The van der Waals surface area contributed by atoms with E-state index in [0.29, 0.717) is 18.1 Å². The molecule has 1 aliphatic rings. The first-order valence-corrected chi connectivity index (χ1v) is 8.68. The van der Waals surface area contributed by atoms with E-state index in [-0.39, 0.29) is 11.6 Å². The Hall–Kier alpha value is -1.64. The molecular weight excluding hydrogens is 318 g/mol. The first-order valence-electron chi connectivity index (χ1n) is 7.53. The van der Waals surface area contributed by atoms with Gasteiger partial charge in [0.05, 0.1) is 23.9 Å². The average Bonchev–Trinajstić information content (AvgIpc) is 2.56. The number of rotatable bonds is 8. The number of amides is 1. The maximum absolute atomic E-state index is 11.8. The van der Waals surface area contributed by atoms with Crippen LogP contribution in [0.3, 0.4) is 0 Å². The van der Waals surface area contributed by atoms with Gasteiger partial charge in [-0.05, 0) is 5.56 Å². The van der Waals surface area contributed by atoms with Crippen LogP contribution in [-0.2, 0) is 15.3 Å². The lowest BCUT2D eigenvalue weighted by molar-refractivity contribution is -0.384. The van der Waals surface area contributed by atoms with Crippen LogP contribution < -0.4 is 5.32 Å². The number of hydrogen-bond donors (Lipinski definition) is 1. The zero-order valence-electron chi connectivity index (χ0n) is 12.9. The normalized spacial score (nSPS) is 15.3. The number of carbonyl (C=O) groups is 1. The van der Waals surface area contributed by atoms with Crippen LogP contribution in [0.5, 0.6) is 0 Å². The Labute approximate surface area is 139 Å².